The van der Waals surface area contributed by atoms with Crippen molar-refractivity contribution in [3.8, 4) is 5.75 Å². The summed E-state index contributed by atoms with van der Waals surface area (Å²) in [5.74, 6) is 0.171. The van der Waals surface area contributed by atoms with Crippen LogP contribution in [0.25, 0.3) is 0 Å². The van der Waals surface area contributed by atoms with E-state index in [1.165, 1.54) is 0 Å². The van der Waals surface area contributed by atoms with Crippen LogP contribution in [0.1, 0.15) is 28.5 Å². The monoisotopic (exact) mass is 437 g/mol. The van der Waals surface area contributed by atoms with Crippen LogP contribution in [0.5, 0.6) is 5.75 Å². The molecule has 0 aliphatic carbocycles. The first kappa shape index (κ1) is 20.5. The Morgan fingerprint density at radius 1 is 1.14 bits per heavy atom. The van der Waals surface area contributed by atoms with Gasteiger partial charge >= 0.3 is 0 Å². The van der Waals surface area contributed by atoms with Crippen molar-refractivity contribution in [2.45, 2.75) is 26.6 Å². The van der Waals surface area contributed by atoms with Crippen LogP contribution in [0.15, 0.2) is 48.7 Å². The second-order valence-electron chi connectivity index (χ2n) is 6.03. The first-order chi connectivity index (χ1) is 13.5. The molecule has 0 saturated carbocycles. The van der Waals surface area contributed by atoms with Crippen LogP contribution in [0, 0.1) is 0 Å². The summed E-state index contributed by atoms with van der Waals surface area (Å²) in [6.45, 7) is 3.37. The molecule has 146 valence electrons. The number of ether oxygens (including phenoxy) is 1. The Hall–Kier alpha value is -2.21. The molecule has 0 aliphatic rings. The van der Waals surface area contributed by atoms with Crippen LogP contribution >= 0.6 is 34.8 Å². The van der Waals surface area contributed by atoms with Crippen molar-refractivity contribution in [2.24, 2.45) is 0 Å². The minimum absolute atomic E-state index is 0.185. The summed E-state index contributed by atoms with van der Waals surface area (Å²) in [6, 6.07) is 12.2. The molecule has 3 aromatic rings. The number of rotatable bonds is 7. The summed E-state index contributed by atoms with van der Waals surface area (Å²) < 4.78 is 7.53. The highest BCUT2D eigenvalue weighted by molar-refractivity contribution is 6.40. The number of halogens is 3. The maximum atomic E-state index is 12.4. The van der Waals surface area contributed by atoms with Crippen LogP contribution in [0.4, 0.5) is 0 Å². The summed E-state index contributed by atoms with van der Waals surface area (Å²) in [7, 11) is 0. The van der Waals surface area contributed by atoms with E-state index in [1.807, 2.05) is 29.9 Å². The normalized spacial score (nSPS) is 10.7. The van der Waals surface area contributed by atoms with Gasteiger partial charge in [0.2, 0.25) is 0 Å². The molecule has 5 nitrogen and oxygen atoms in total. The van der Waals surface area contributed by atoms with E-state index in [0.717, 1.165) is 17.8 Å². The van der Waals surface area contributed by atoms with Crippen molar-refractivity contribution in [1.82, 2.24) is 15.1 Å². The van der Waals surface area contributed by atoms with E-state index >= 15 is 0 Å². The number of hydrogen-bond donors (Lipinski definition) is 1. The fraction of sp³-hybridized carbons (Fsp3) is 0.200. The van der Waals surface area contributed by atoms with E-state index < -0.39 is 0 Å². The van der Waals surface area contributed by atoms with Gasteiger partial charge in [0.1, 0.15) is 6.61 Å². The van der Waals surface area contributed by atoms with E-state index in [2.05, 4.69) is 10.4 Å². The van der Waals surface area contributed by atoms with Gasteiger partial charge in [-0.05, 0) is 42.8 Å². The minimum Gasteiger partial charge on any atom is -0.486 e. The molecule has 3 rings (SSSR count). The third kappa shape index (κ3) is 5.19. The zero-order valence-corrected chi connectivity index (χ0v) is 17.4. The van der Waals surface area contributed by atoms with Crippen molar-refractivity contribution in [3.63, 3.8) is 0 Å². The zero-order valence-electron chi connectivity index (χ0n) is 15.1. The Bertz CT molecular complexity index is 965. The van der Waals surface area contributed by atoms with Gasteiger partial charge in [0.25, 0.3) is 5.91 Å². The van der Waals surface area contributed by atoms with Crippen molar-refractivity contribution in [2.75, 3.05) is 0 Å². The second kappa shape index (κ2) is 9.32. The van der Waals surface area contributed by atoms with Gasteiger partial charge in [0, 0.05) is 23.3 Å². The average molecular weight is 439 g/mol. The largest absolute Gasteiger partial charge is 0.486 e. The molecule has 0 spiro atoms. The molecule has 1 aromatic heterocycles. The molecule has 0 atom stereocenters. The maximum Gasteiger partial charge on any atom is 0.251 e. The average Bonchev–Trinajstić information content (AvgIpc) is 3.13. The third-order valence-corrected chi connectivity index (χ3v) is 4.77. The molecule has 28 heavy (non-hydrogen) atoms. The summed E-state index contributed by atoms with van der Waals surface area (Å²) in [5, 5.41) is 8.31. The Morgan fingerprint density at radius 2 is 1.89 bits per heavy atom. The highest BCUT2D eigenvalue weighted by atomic mass is 35.5. The highest BCUT2D eigenvalue weighted by Crippen LogP contribution is 2.36. The Labute approximate surface area is 178 Å². The van der Waals surface area contributed by atoms with Gasteiger partial charge in [-0.15, -0.1) is 0 Å². The van der Waals surface area contributed by atoms with E-state index in [9.17, 15) is 4.79 Å². The molecule has 0 radical (unpaired) electrons. The van der Waals surface area contributed by atoms with Crippen LogP contribution in [0.3, 0.4) is 0 Å². The molecule has 1 heterocycles. The second-order valence-corrected chi connectivity index (χ2v) is 7.28. The number of hydrogen-bond acceptors (Lipinski definition) is 3. The van der Waals surface area contributed by atoms with Gasteiger partial charge in [-0.1, -0.05) is 46.9 Å². The lowest BCUT2D eigenvalue weighted by Crippen LogP contribution is -2.23. The summed E-state index contributed by atoms with van der Waals surface area (Å²) >= 11 is 18.2. The zero-order chi connectivity index (χ0) is 20.1. The number of benzene rings is 2. The number of carbonyl (C=O) groups is 1. The molecule has 8 heteroatoms. The van der Waals surface area contributed by atoms with Gasteiger partial charge in [-0.2, -0.15) is 5.10 Å². The molecule has 1 amide bonds. The standard InChI is InChI=1S/C20H18Cl3N3O2/c1-2-26-7-6-16(25-26)11-24-20(27)14-5-3-4-13(8-14)12-28-19-17(22)9-15(21)10-18(19)23/h3-10H,2,11-12H2,1H3,(H,24,27). The van der Waals surface area contributed by atoms with Crippen molar-refractivity contribution in [1.29, 1.82) is 0 Å². The van der Waals surface area contributed by atoms with Gasteiger partial charge < -0.3 is 10.1 Å². The van der Waals surface area contributed by atoms with Gasteiger partial charge in [-0.25, -0.2) is 0 Å². The van der Waals surface area contributed by atoms with Gasteiger partial charge in [0.05, 0.1) is 22.3 Å². The Balaban J connectivity index is 1.62. The maximum absolute atomic E-state index is 12.4. The predicted octanol–water partition coefficient (Wildman–Crippen LogP) is 5.37. The van der Waals surface area contributed by atoms with E-state index in [0.29, 0.717) is 32.9 Å². The molecule has 0 saturated heterocycles. The number of aromatic nitrogens is 2. The molecule has 0 aliphatic heterocycles. The molecule has 2 aromatic carbocycles. The number of aryl methyl sites for hydroxylation is 1. The minimum atomic E-state index is -0.185. The lowest BCUT2D eigenvalue weighted by molar-refractivity contribution is 0.0950. The van der Waals surface area contributed by atoms with E-state index in [1.54, 1.807) is 30.3 Å². The smallest absolute Gasteiger partial charge is 0.251 e. The van der Waals surface area contributed by atoms with Crippen LogP contribution in [-0.4, -0.2) is 15.7 Å². The fourth-order valence-electron chi connectivity index (χ4n) is 2.57. The van der Waals surface area contributed by atoms with Crippen molar-refractivity contribution < 1.29 is 9.53 Å². The Kier molecular flexibility index (Phi) is 6.83. The molecule has 0 unspecified atom stereocenters. The molecular weight excluding hydrogens is 421 g/mol. The van der Waals surface area contributed by atoms with E-state index in [-0.39, 0.29) is 12.5 Å². The summed E-state index contributed by atoms with van der Waals surface area (Å²) in [5.41, 5.74) is 2.15. The summed E-state index contributed by atoms with van der Waals surface area (Å²) in [6.07, 6.45) is 1.88. The third-order valence-electron chi connectivity index (χ3n) is 3.99. The fourth-order valence-corrected chi connectivity index (χ4v) is 3.50. The van der Waals surface area contributed by atoms with Crippen molar-refractivity contribution in [3.05, 3.63) is 80.6 Å². The van der Waals surface area contributed by atoms with Crippen molar-refractivity contribution >= 4 is 40.7 Å². The lowest BCUT2D eigenvalue weighted by atomic mass is 10.1. The number of nitrogens with zero attached hydrogens (tertiary/aromatic N) is 2. The topological polar surface area (TPSA) is 56.2 Å². The number of carbonyl (C=O) groups excluding carboxylic acids is 1. The van der Waals surface area contributed by atoms with E-state index in [4.69, 9.17) is 39.5 Å². The van der Waals surface area contributed by atoms with Crippen LogP contribution in [0.2, 0.25) is 15.1 Å². The number of nitrogens with one attached hydrogen (secondary N) is 1. The first-order valence-corrected chi connectivity index (χ1v) is 9.76. The molecular formula is C20H18Cl3N3O2. The SMILES string of the molecule is CCn1ccc(CNC(=O)c2cccc(COc3c(Cl)cc(Cl)cc3Cl)c2)n1. The highest BCUT2D eigenvalue weighted by Gasteiger charge is 2.11. The van der Waals surface area contributed by atoms with Gasteiger partial charge in [-0.3, -0.25) is 9.48 Å². The quantitative estimate of drug-likeness (QED) is 0.539. The Morgan fingerprint density at radius 3 is 2.57 bits per heavy atom. The predicted molar refractivity (Wildman–Crippen MR) is 111 cm³/mol. The molecule has 0 fully saturated rings. The lowest BCUT2D eigenvalue weighted by Gasteiger charge is -2.11. The van der Waals surface area contributed by atoms with Crippen LogP contribution in [-0.2, 0) is 19.7 Å². The molecule has 0 bridgehead atoms. The summed E-state index contributed by atoms with van der Waals surface area (Å²) in [4.78, 5) is 12.4. The number of amides is 1. The first-order valence-electron chi connectivity index (χ1n) is 8.63. The van der Waals surface area contributed by atoms with Gasteiger partial charge in [0.15, 0.2) is 5.75 Å². The van der Waals surface area contributed by atoms with Crippen LogP contribution < -0.4 is 10.1 Å². The molecule has 1 N–H and O–H groups in total.